The molecule has 3 N–H and O–H groups in total. The van der Waals surface area contributed by atoms with E-state index < -0.39 is 0 Å². The maximum atomic E-state index is 11.4. The minimum absolute atomic E-state index is 0.0532. The minimum Gasteiger partial charge on any atom is -0.330 e. The number of carbonyl (C=O) groups is 1. The number of hydrogen-bond donors (Lipinski definition) is 2. The molecule has 0 saturated heterocycles. The Bertz CT molecular complexity index is 367. The van der Waals surface area contributed by atoms with Crippen LogP contribution in [0.2, 0.25) is 0 Å². The van der Waals surface area contributed by atoms with Gasteiger partial charge in [0.1, 0.15) is 5.82 Å². The number of carbonyl (C=O) groups excluding carboxylic acids is 1. The van der Waals surface area contributed by atoms with Crippen LogP contribution in [0.4, 0.5) is 5.69 Å². The van der Waals surface area contributed by atoms with Gasteiger partial charge in [-0.2, -0.15) is 0 Å². The molecule has 0 fully saturated rings. The number of amides is 1. The van der Waals surface area contributed by atoms with Gasteiger partial charge in [-0.25, -0.2) is 9.97 Å². The Labute approximate surface area is 102 Å². The van der Waals surface area contributed by atoms with Gasteiger partial charge in [0, 0.05) is 11.8 Å². The van der Waals surface area contributed by atoms with Crippen LogP contribution in [-0.2, 0) is 10.2 Å². The SMILES string of the molecule is CC(C)(C)c1ncc(NC(=O)CCCN)cn1. The van der Waals surface area contributed by atoms with Gasteiger partial charge in [0.25, 0.3) is 0 Å². The van der Waals surface area contributed by atoms with Gasteiger partial charge >= 0.3 is 0 Å². The summed E-state index contributed by atoms with van der Waals surface area (Å²) in [4.78, 5) is 19.9. The molecule has 0 radical (unpaired) electrons. The molecule has 0 aliphatic carbocycles. The Kier molecular flexibility index (Phi) is 4.57. The van der Waals surface area contributed by atoms with Crippen LogP contribution in [0.25, 0.3) is 0 Å². The number of nitrogens with one attached hydrogen (secondary N) is 1. The van der Waals surface area contributed by atoms with E-state index in [-0.39, 0.29) is 11.3 Å². The average molecular weight is 236 g/mol. The summed E-state index contributed by atoms with van der Waals surface area (Å²) in [5.74, 6) is 0.708. The fourth-order valence-electron chi connectivity index (χ4n) is 1.27. The average Bonchev–Trinajstić information content (AvgIpc) is 2.26. The van der Waals surface area contributed by atoms with Crippen LogP contribution in [-0.4, -0.2) is 22.4 Å². The van der Waals surface area contributed by atoms with E-state index in [0.29, 0.717) is 25.1 Å². The molecule has 0 atom stereocenters. The van der Waals surface area contributed by atoms with E-state index in [1.54, 1.807) is 12.4 Å². The summed E-state index contributed by atoms with van der Waals surface area (Å²) in [7, 11) is 0. The summed E-state index contributed by atoms with van der Waals surface area (Å²) < 4.78 is 0. The van der Waals surface area contributed by atoms with Gasteiger partial charge in [0.15, 0.2) is 0 Å². The largest absolute Gasteiger partial charge is 0.330 e. The highest BCUT2D eigenvalue weighted by Crippen LogP contribution is 2.18. The van der Waals surface area contributed by atoms with Crippen LogP contribution < -0.4 is 11.1 Å². The van der Waals surface area contributed by atoms with Gasteiger partial charge in [-0.05, 0) is 13.0 Å². The van der Waals surface area contributed by atoms with Crippen molar-refractivity contribution in [1.29, 1.82) is 0 Å². The first-order chi connectivity index (χ1) is 7.93. The maximum Gasteiger partial charge on any atom is 0.224 e. The first-order valence-corrected chi connectivity index (χ1v) is 5.76. The topological polar surface area (TPSA) is 80.9 Å². The molecule has 0 aromatic carbocycles. The Morgan fingerprint density at radius 3 is 2.41 bits per heavy atom. The minimum atomic E-state index is -0.0813. The van der Waals surface area contributed by atoms with E-state index in [9.17, 15) is 4.79 Å². The molecule has 94 valence electrons. The molecule has 1 rings (SSSR count). The molecule has 0 bridgehead atoms. The van der Waals surface area contributed by atoms with Crippen molar-refractivity contribution in [2.75, 3.05) is 11.9 Å². The van der Waals surface area contributed by atoms with Crippen LogP contribution in [0.5, 0.6) is 0 Å². The lowest BCUT2D eigenvalue weighted by atomic mass is 9.96. The molecular formula is C12H20N4O. The summed E-state index contributed by atoms with van der Waals surface area (Å²) in [6.07, 6.45) is 4.38. The zero-order chi connectivity index (χ0) is 12.9. The number of nitrogens with two attached hydrogens (primary N) is 1. The zero-order valence-electron chi connectivity index (χ0n) is 10.7. The Hall–Kier alpha value is -1.49. The number of hydrogen-bond acceptors (Lipinski definition) is 4. The van der Waals surface area contributed by atoms with Crippen molar-refractivity contribution in [3.05, 3.63) is 18.2 Å². The second kappa shape index (κ2) is 5.72. The molecule has 0 unspecified atom stereocenters. The van der Waals surface area contributed by atoms with Crippen LogP contribution in [0.1, 0.15) is 39.4 Å². The quantitative estimate of drug-likeness (QED) is 0.829. The molecular weight excluding hydrogens is 216 g/mol. The van der Waals surface area contributed by atoms with E-state index in [1.165, 1.54) is 0 Å². The Morgan fingerprint density at radius 1 is 1.35 bits per heavy atom. The van der Waals surface area contributed by atoms with E-state index in [0.717, 1.165) is 5.82 Å². The second-order valence-electron chi connectivity index (χ2n) is 4.99. The predicted molar refractivity (Wildman–Crippen MR) is 67.7 cm³/mol. The van der Waals surface area contributed by atoms with Crippen molar-refractivity contribution in [2.24, 2.45) is 5.73 Å². The van der Waals surface area contributed by atoms with Crippen LogP contribution in [0.15, 0.2) is 12.4 Å². The lowest BCUT2D eigenvalue weighted by Crippen LogP contribution is -2.17. The molecule has 0 aliphatic heterocycles. The summed E-state index contributed by atoms with van der Waals surface area (Å²) >= 11 is 0. The van der Waals surface area contributed by atoms with Crippen molar-refractivity contribution in [2.45, 2.75) is 39.0 Å². The number of nitrogens with zero attached hydrogens (tertiary/aromatic N) is 2. The summed E-state index contributed by atoms with van der Waals surface area (Å²) in [6, 6.07) is 0. The zero-order valence-corrected chi connectivity index (χ0v) is 10.7. The second-order valence-corrected chi connectivity index (χ2v) is 4.99. The number of anilines is 1. The fraction of sp³-hybridized carbons (Fsp3) is 0.583. The number of rotatable bonds is 4. The van der Waals surface area contributed by atoms with Crippen LogP contribution in [0.3, 0.4) is 0 Å². The van der Waals surface area contributed by atoms with Crippen LogP contribution >= 0.6 is 0 Å². The lowest BCUT2D eigenvalue weighted by Gasteiger charge is -2.16. The molecule has 17 heavy (non-hydrogen) atoms. The van der Waals surface area contributed by atoms with Gasteiger partial charge in [-0.3, -0.25) is 4.79 Å². The van der Waals surface area contributed by atoms with Crippen LogP contribution in [0, 0.1) is 0 Å². The highest BCUT2D eigenvalue weighted by Gasteiger charge is 2.16. The third-order valence-electron chi connectivity index (χ3n) is 2.21. The van der Waals surface area contributed by atoms with E-state index >= 15 is 0 Å². The molecule has 0 spiro atoms. The maximum absolute atomic E-state index is 11.4. The molecule has 1 amide bonds. The predicted octanol–water partition coefficient (Wildman–Crippen LogP) is 1.45. The van der Waals surface area contributed by atoms with Crippen molar-refractivity contribution in [3.63, 3.8) is 0 Å². The lowest BCUT2D eigenvalue weighted by molar-refractivity contribution is -0.116. The fourth-order valence-corrected chi connectivity index (χ4v) is 1.27. The molecule has 1 heterocycles. The first kappa shape index (κ1) is 13.6. The molecule has 0 aliphatic rings. The van der Waals surface area contributed by atoms with Gasteiger partial charge in [0.05, 0.1) is 18.1 Å². The van der Waals surface area contributed by atoms with Gasteiger partial charge in [0.2, 0.25) is 5.91 Å². The highest BCUT2D eigenvalue weighted by atomic mass is 16.1. The number of aromatic nitrogens is 2. The monoisotopic (exact) mass is 236 g/mol. The summed E-state index contributed by atoms with van der Waals surface area (Å²) in [6.45, 7) is 6.65. The van der Waals surface area contributed by atoms with Crippen molar-refractivity contribution in [1.82, 2.24) is 9.97 Å². The molecule has 0 saturated carbocycles. The van der Waals surface area contributed by atoms with Crippen molar-refractivity contribution < 1.29 is 4.79 Å². The highest BCUT2D eigenvalue weighted by molar-refractivity contribution is 5.90. The third-order valence-corrected chi connectivity index (χ3v) is 2.21. The van der Waals surface area contributed by atoms with Crippen molar-refractivity contribution in [3.8, 4) is 0 Å². The van der Waals surface area contributed by atoms with Crippen molar-refractivity contribution >= 4 is 11.6 Å². The summed E-state index contributed by atoms with van der Waals surface area (Å²) in [5, 5.41) is 2.74. The first-order valence-electron chi connectivity index (χ1n) is 5.76. The normalized spacial score (nSPS) is 11.3. The molecule has 5 heteroatoms. The van der Waals surface area contributed by atoms with E-state index in [4.69, 9.17) is 5.73 Å². The van der Waals surface area contributed by atoms with Gasteiger partial charge in [-0.1, -0.05) is 20.8 Å². The summed E-state index contributed by atoms with van der Waals surface area (Å²) in [5.41, 5.74) is 5.88. The Balaban J connectivity index is 2.60. The van der Waals surface area contributed by atoms with E-state index in [1.807, 2.05) is 20.8 Å². The standard InChI is InChI=1S/C12H20N4O/c1-12(2,3)11-14-7-9(8-15-11)16-10(17)5-4-6-13/h7-8H,4-6,13H2,1-3H3,(H,16,17). The third kappa shape index (κ3) is 4.48. The molecule has 5 nitrogen and oxygen atoms in total. The van der Waals surface area contributed by atoms with E-state index in [2.05, 4.69) is 15.3 Å². The molecule has 1 aromatic heterocycles. The van der Waals surface area contributed by atoms with Gasteiger partial charge < -0.3 is 11.1 Å². The Morgan fingerprint density at radius 2 is 1.94 bits per heavy atom. The smallest absolute Gasteiger partial charge is 0.224 e. The van der Waals surface area contributed by atoms with Gasteiger partial charge in [-0.15, -0.1) is 0 Å². The molecule has 1 aromatic rings.